The lowest BCUT2D eigenvalue weighted by Crippen LogP contribution is -2.11. The Morgan fingerprint density at radius 3 is 2.18 bits per heavy atom. The van der Waals surface area contributed by atoms with Crippen molar-refractivity contribution in [3.63, 3.8) is 0 Å². The third-order valence-electron chi connectivity index (χ3n) is 3.33. The molecular formula is C19H14FNO. The molecule has 1 N–H and O–H groups in total. The van der Waals surface area contributed by atoms with Crippen LogP contribution in [-0.2, 0) is 0 Å². The van der Waals surface area contributed by atoms with Crippen LogP contribution in [0.3, 0.4) is 0 Å². The monoisotopic (exact) mass is 291 g/mol. The van der Waals surface area contributed by atoms with Gasteiger partial charge in [0.15, 0.2) is 0 Å². The maximum atomic E-state index is 12.9. The van der Waals surface area contributed by atoms with Crippen molar-refractivity contribution in [2.75, 3.05) is 5.32 Å². The Balaban J connectivity index is 1.82. The number of halogens is 1. The average molecular weight is 291 g/mol. The fraction of sp³-hybridized carbons (Fsp3) is 0. The van der Waals surface area contributed by atoms with E-state index < -0.39 is 0 Å². The van der Waals surface area contributed by atoms with Crippen molar-refractivity contribution in [3.8, 4) is 11.1 Å². The normalized spacial score (nSPS) is 10.2. The van der Waals surface area contributed by atoms with Crippen LogP contribution in [0, 0.1) is 5.82 Å². The molecule has 0 atom stereocenters. The van der Waals surface area contributed by atoms with Crippen molar-refractivity contribution in [1.82, 2.24) is 0 Å². The Labute approximate surface area is 128 Å². The van der Waals surface area contributed by atoms with Crippen molar-refractivity contribution in [3.05, 3.63) is 90.2 Å². The molecule has 0 aliphatic rings. The standard InChI is InChI=1S/C19H14FNO/c20-17-9-11-18(12-10-17)21-19(22)16-8-4-7-15(13-16)14-5-2-1-3-6-14/h1-13H,(H,21,22). The van der Waals surface area contributed by atoms with Crippen molar-refractivity contribution in [2.24, 2.45) is 0 Å². The second kappa shape index (κ2) is 6.22. The first-order valence-corrected chi connectivity index (χ1v) is 6.95. The molecule has 0 bridgehead atoms. The highest BCUT2D eigenvalue weighted by atomic mass is 19.1. The van der Waals surface area contributed by atoms with Crippen molar-refractivity contribution >= 4 is 11.6 Å². The Hall–Kier alpha value is -2.94. The van der Waals surface area contributed by atoms with E-state index in [0.29, 0.717) is 11.3 Å². The number of benzene rings is 3. The maximum Gasteiger partial charge on any atom is 0.255 e. The number of hydrogen-bond donors (Lipinski definition) is 1. The highest BCUT2D eigenvalue weighted by molar-refractivity contribution is 6.04. The molecule has 3 rings (SSSR count). The summed E-state index contributed by atoms with van der Waals surface area (Å²) in [6, 6.07) is 23.0. The molecule has 0 aliphatic carbocycles. The topological polar surface area (TPSA) is 29.1 Å². The Kier molecular flexibility index (Phi) is 3.97. The quantitative estimate of drug-likeness (QED) is 0.741. The van der Waals surface area contributed by atoms with Crippen molar-refractivity contribution in [2.45, 2.75) is 0 Å². The summed E-state index contributed by atoms with van der Waals surface area (Å²) in [7, 11) is 0. The largest absolute Gasteiger partial charge is 0.322 e. The summed E-state index contributed by atoms with van der Waals surface area (Å²) in [5.41, 5.74) is 3.16. The molecule has 0 spiro atoms. The van der Waals surface area contributed by atoms with E-state index in [9.17, 15) is 9.18 Å². The van der Waals surface area contributed by atoms with E-state index >= 15 is 0 Å². The van der Waals surface area contributed by atoms with Gasteiger partial charge in [-0.15, -0.1) is 0 Å². The van der Waals surface area contributed by atoms with E-state index in [1.54, 1.807) is 6.07 Å². The zero-order chi connectivity index (χ0) is 15.4. The summed E-state index contributed by atoms with van der Waals surface area (Å²) < 4.78 is 12.9. The summed E-state index contributed by atoms with van der Waals surface area (Å²) in [5, 5.41) is 2.76. The van der Waals surface area contributed by atoms with E-state index in [0.717, 1.165) is 11.1 Å². The van der Waals surface area contributed by atoms with Crippen LogP contribution in [-0.4, -0.2) is 5.91 Å². The Bertz CT molecular complexity index is 782. The predicted molar refractivity (Wildman–Crippen MR) is 86.2 cm³/mol. The Morgan fingerprint density at radius 1 is 0.773 bits per heavy atom. The molecule has 0 saturated carbocycles. The minimum absolute atomic E-state index is 0.218. The number of rotatable bonds is 3. The summed E-state index contributed by atoms with van der Waals surface area (Å²) in [5.74, 6) is -0.548. The van der Waals surface area contributed by atoms with Gasteiger partial charge in [0.05, 0.1) is 0 Å². The van der Waals surface area contributed by atoms with Gasteiger partial charge in [0.25, 0.3) is 5.91 Å². The molecule has 3 aromatic rings. The van der Waals surface area contributed by atoms with Gasteiger partial charge in [-0.05, 0) is 47.5 Å². The molecule has 0 aliphatic heterocycles. The van der Waals surface area contributed by atoms with Crippen LogP contribution in [0.15, 0.2) is 78.9 Å². The van der Waals surface area contributed by atoms with Gasteiger partial charge in [-0.25, -0.2) is 4.39 Å². The number of hydrogen-bond acceptors (Lipinski definition) is 1. The molecule has 0 aromatic heterocycles. The molecular weight excluding hydrogens is 277 g/mol. The molecule has 108 valence electrons. The van der Waals surface area contributed by atoms with Gasteiger partial charge in [-0.1, -0.05) is 42.5 Å². The van der Waals surface area contributed by atoms with Gasteiger partial charge in [-0.3, -0.25) is 4.79 Å². The minimum Gasteiger partial charge on any atom is -0.322 e. The number of carbonyl (C=O) groups excluding carboxylic acids is 1. The molecule has 0 radical (unpaired) electrons. The van der Waals surface area contributed by atoms with Crippen LogP contribution in [0.2, 0.25) is 0 Å². The average Bonchev–Trinajstić information content (AvgIpc) is 2.58. The second-order valence-electron chi connectivity index (χ2n) is 4.91. The number of nitrogens with one attached hydrogen (secondary N) is 1. The van der Waals surface area contributed by atoms with E-state index in [4.69, 9.17) is 0 Å². The number of carbonyl (C=O) groups is 1. The van der Waals surface area contributed by atoms with Gasteiger partial charge < -0.3 is 5.32 Å². The zero-order valence-electron chi connectivity index (χ0n) is 11.8. The molecule has 0 unspecified atom stereocenters. The molecule has 0 fully saturated rings. The minimum atomic E-state index is -0.330. The third-order valence-corrected chi connectivity index (χ3v) is 3.33. The molecule has 0 saturated heterocycles. The van der Waals surface area contributed by atoms with Gasteiger partial charge in [0.2, 0.25) is 0 Å². The van der Waals surface area contributed by atoms with Gasteiger partial charge >= 0.3 is 0 Å². The van der Waals surface area contributed by atoms with Crippen LogP contribution >= 0.6 is 0 Å². The van der Waals surface area contributed by atoms with Crippen LogP contribution in [0.1, 0.15) is 10.4 Å². The van der Waals surface area contributed by atoms with E-state index in [1.165, 1.54) is 24.3 Å². The molecule has 3 aromatic carbocycles. The van der Waals surface area contributed by atoms with Crippen molar-refractivity contribution in [1.29, 1.82) is 0 Å². The van der Waals surface area contributed by atoms with Crippen molar-refractivity contribution < 1.29 is 9.18 Å². The smallest absolute Gasteiger partial charge is 0.255 e. The maximum absolute atomic E-state index is 12.9. The Morgan fingerprint density at radius 2 is 1.45 bits per heavy atom. The number of anilines is 1. The summed E-state index contributed by atoms with van der Waals surface area (Å²) in [6.07, 6.45) is 0. The van der Waals surface area contributed by atoms with Crippen LogP contribution in [0.4, 0.5) is 10.1 Å². The first kappa shape index (κ1) is 14.0. The predicted octanol–water partition coefficient (Wildman–Crippen LogP) is 4.75. The van der Waals surface area contributed by atoms with E-state index in [1.807, 2.05) is 48.5 Å². The lowest BCUT2D eigenvalue weighted by atomic mass is 10.0. The van der Waals surface area contributed by atoms with Gasteiger partial charge in [0, 0.05) is 11.3 Å². The van der Waals surface area contributed by atoms with Crippen LogP contribution in [0.25, 0.3) is 11.1 Å². The van der Waals surface area contributed by atoms with Gasteiger partial charge in [0.1, 0.15) is 5.82 Å². The summed E-state index contributed by atoms with van der Waals surface area (Å²) in [6.45, 7) is 0. The van der Waals surface area contributed by atoms with Crippen LogP contribution in [0.5, 0.6) is 0 Å². The lowest BCUT2D eigenvalue weighted by Gasteiger charge is -2.07. The highest BCUT2D eigenvalue weighted by Gasteiger charge is 2.07. The fourth-order valence-corrected chi connectivity index (χ4v) is 2.21. The van der Waals surface area contributed by atoms with E-state index in [-0.39, 0.29) is 11.7 Å². The summed E-state index contributed by atoms with van der Waals surface area (Å²) >= 11 is 0. The molecule has 22 heavy (non-hydrogen) atoms. The molecule has 2 nitrogen and oxygen atoms in total. The van der Waals surface area contributed by atoms with Crippen LogP contribution < -0.4 is 5.32 Å². The fourth-order valence-electron chi connectivity index (χ4n) is 2.21. The molecule has 3 heteroatoms. The van der Waals surface area contributed by atoms with E-state index in [2.05, 4.69) is 5.32 Å². The first-order valence-electron chi connectivity index (χ1n) is 6.95. The SMILES string of the molecule is O=C(Nc1ccc(F)cc1)c1cccc(-c2ccccc2)c1. The second-order valence-corrected chi connectivity index (χ2v) is 4.91. The molecule has 1 amide bonds. The third kappa shape index (κ3) is 3.20. The first-order chi connectivity index (χ1) is 10.7. The molecule has 0 heterocycles. The highest BCUT2D eigenvalue weighted by Crippen LogP contribution is 2.20. The van der Waals surface area contributed by atoms with Gasteiger partial charge in [-0.2, -0.15) is 0 Å². The summed E-state index contributed by atoms with van der Waals surface area (Å²) in [4.78, 5) is 12.3. The number of amides is 1. The zero-order valence-corrected chi connectivity index (χ0v) is 11.8. The lowest BCUT2D eigenvalue weighted by molar-refractivity contribution is 0.102.